The number of aromatic nitrogens is 3. The number of amides is 1. The minimum Gasteiger partial charge on any atom is -0.508 e. The Morgan fingerprint density at radius 3 is 2.59 bits per heavy atom. The molecule has 0 radical (unpaired) electrons. The number of carbonyl (C=O) groups is 1. The van der Waals surface area contributed by atoms with Crippen molar-refractivity contribution in [2.24, 2.45) is 0 Å². The van der Waals surface area contributed by atoms with Crippen molar-refractivity contribution in [2.45, 2.75) is 37.7 Å². The van der Waals surface area contributed by atoms with Gasteiger partial charge in [-0.1, -0.05) is 54.2 Å². The highest BCUT2D eigenvalue weighted by Gasteiger charge is 2.34. The number of fused-ring (bicyclic) bond motifs is 1. The predicted octanol–water partition coefficient (Wildman–Crippen LogP) is 5.96. The van der Waals surface area contributed by atoms with Crippen molar-refractivity contribution in [1.82, 2.24) is 14.8 Å². The monoisotopic (exact) mass is 515 g/mol. The fraction of sp³-hybridized carbons (Fsp3) is 0.179. The van der Waals surface area contributed by atoms with E-state index in [2.05, 4.69) is 20.7 Å². The maximum atomic E-state index is 14.1. The Morgan fingerprint density at radius 1 is 1.08 bits per heavy atom. The lowest BCUT2D eigenvalue weighted by molar-refractivity contribution is -0.113. The lowest BCUT2D eigenvalue weighted by atomic mass is 9.94. The van der Waals surface area contributed by atoms with Crippen LogP contribution in [-0.4, -0.2) is 25.8 Å². The van der Waals surface area contributed by atoms with Crippen LogP contribution < -0.4 is 10.6 Å². The summed E-state index contributed by atoms with van der Waals surface area (Å²) in [5.41, 5.74) is 5.26. The highest BCUT2D eigenvalue weighted by Crippen LogP contribution is 2.37. The van der Waals surface area contributed by atoms with Crippen molar-refractivity contribution in [3.63, 3.8) is 0 Å². The van der Waals surface area contributed by atoms with E-state index in [4.69, 9.17) is 0 Å². The van der Waals surface area contributed by atoms with Crippen molar-refractivity contribution >= 4 is 29.3 Å². The summed E-state index contributed by atoms with van der Waals surface area (Å²) in [5.74, 6) is 0.432. The lowest BCUT2D eigenvalue weighted by Gasteiger charge is -2.29. The number of aromatic hydroxyl groups is 1. The third-order valence-corrected chi connectivity index (χ3v) is 7.34. The van der Waals surface area contributed by atoms with Crippen molar-refractivity contribution < 1.29 is 14.3 Å². The molecule has 0 spiro atoms. The van der Waals surface area contributed by atoms with E-state index in [1.54, 1.807) is 47.1 Å². The van der Waals surface area contributed by atoms with Crippen LogP contribution in [0.5, 0.6) is 5.75 Å². The second kappa shape index (κ2) is 10.1. The van der Waals surface area contributed by atoms with Gasteiger partial charge in [-0.25, -0.2) is 9.07 Å². The zero-order valence-electron chi connectivity index (χ0n) is 20.6. The number of phenols is 1. The molecular formula is C28H26FN5O2S. The van der Waals surface area contributed by atoms with E-state index >= 15 is 0 Å². The van der Waals surface area contributed by atoms with Crippen molar-refractivity contribution in [1.29, 1.82) is 0 Å². The zero-order valence-corrected chi connectivity index (χ0v) is 21.4. The Balaban J connectivity index is 1.50. The number of anilines is 2. The van der Waals surface area contributed by atoms with Crippen LogP contribution in [-0.2, 0) is 10.5 Å². The first-order valence-corrected chi connectivity index (χ1v) is 12.8. The second-order valence-electron chi connectivity index (χ2n) is 8.90. The van der Waals surface area contributed by atoms with Crippen molar-refractivity contribution in [2.75, 3.05) is 10.6 Å². The molecule has 0 saturated heterocycles. The number of hydrogen-bond donors (Lipinski definition) is 3. The van der Waals surface area contributed by atoms with Crippen LogP contribution in [0, 0.1) is 19.7 Å². The highest BCUT2D eigenvalue weighted by molar-refractivity contribution is 7.98. The molecule has 188 valence electrons. The first-order chi connectivity index (χ1) is 17.8. The summed E-state index contributed by atoms with van der Waals surface area (Å²) >= 11 is 1.32. The van der Waals surface area contributed by atoms with Crippen LogP contribution in [0.15, 0.2) is 83.2 Å². The van der Waals surface area contributed by atoms with Gasteiger partial charge in [0.15, 0.2) is 0 Å². The number of aryl methyl sites for hydroxylation is 1. The first-order valence-electron chi connectivity index (χ1n) is 11.8. The third kappa shape index (κ3) is 4.95. The molecule has 0 bridgehead atoms. The maximum Gasteiger partial charge on any atom is 0.255 e. The molecule has 1 amide bonds. The average Bonchev–Trinajstić information content (AvgIpc) is 3.28. The van der Waals surface area contributed by atoms with Crippen LogP contribution >= 0.6 is 11.8 Å². The molecule has 1 aromatic heterocycles. The molecule has 7 nitrogen and oxygen atoms in total. The van der Waals surface area contributed by atoms with Gasteiger partial charge in [0, 0.05) is 17.1 Å². The largest absolute Gasteiger partial charge is 0.508 e. The van der Waals surface area contributed by atoms with Crippen LogP contribution in [0.3, 0.4) is 0 Å². The highest BCUT2D eigenvalue weighted by atomic mass is 32.2. The Hall–Kier alpha value is -4.11. The van der Waals surface area contributed by atoms with Crippen LogP contribution in [0.2, 0.25) is 0 Å². The number of nitrogens with zero attached hydrogens (tertiary/aromatic N) is 3. The van der Waals surface area contributed by atoms with E-state index in [1.807, 2.05) is 39.0 Å². The molecule has 0 aliphatic carbocycles. The van der Waals surface area contributed by atoms with Gasteiger partial charge in [-0.3, -0.25) is 4.79 Å². The van der Waals surface area contributed by atoms with Gasteiger partial charge in [-0.15, -0.1) is 5.10 Å². The molecule has 1 atom stereocenters. The van der Waals surface area contributed by atoms with Crippen LogP contribution in [0.1, 0.15) is 35.2 Å². The van der Waals surface area contributed by atoms with Crippen LogP contribution in [0.25, 0.3) is 0 Å². The van der Waals surface area contributed by atoms with E-state index in [9.17, 15) is 14.3 Å². The molecule has 4 aromatic rings. The third-order valence-electron chi connectivity index (χ3n) is 6.45. The van der Waals surface area contributed by atoms with Gasteiger partial charge in [0.25, 0.3) is 5.91 Å². The number of rotatable bonds is 6. The molecule has 37 heavy (non-hydrogen) atoms. The maximum absolute atomic E-state index is 14.1. The SMILES string of the molecule is CC1=C(C(=O)Nc2cccc(C)c2C)C(c2ccc(O)cc2)n2nc(SCc3ccccc3F)nc2N1. The Bertz CT molecular complexity index is 1510. The second-order valence-corrected chi connectivity index (χ2v) is 9.84. The number of hydrogen-bond acceptors (Lipinski definition) is 6. The summed E-state index contributed by atoms with van der Waals surface area (Å²) in [6, 6.07) is 18.5. The summed E-state index contributed by atoms with van der Waals surface area (Å²) in [6.45, 7) is 5.80. The quantitative estimate of drug-likeness (QED) is 0.275. The molecule has 1 unspecified atom stereocenters. The molecule has 3 aromatic carbocycles. The minimum atomic E-state index is -0.586. The number of allylic oxidation sites excluding steroid dienone is 1. The summed E-state index contributed by atoms with van der Waals surface area (Å²) in [6.07, 6.45) is 0. The molecule has 3 N–H and O–H groups in total. The van der Waals surface area contributed by atoms with Crippen molar-refractivity contribution in [3.8, 4) is 5.75 Å². The number of thioether (sulfide) groups is 1. The summed E-state index contributed by atoms with van der Waals surface area (Å²) in [4.78, 5) is 18.3. The smallest absolute Gasteiger partial charge is 0.255 e. The molecular weight excluding hydrogens is 489 g/mol. The topological polar surface area (TPSA) is 92.1 Å². The number of nitrogens with one attached hydrogen (secondary N) is 2. The molecule has 1 aliphatic heterocycles. The van der Waals surface area contributed by atoms with Crippen molar-refractivity contribution in [3.05, 3.63) is 106 Å². The fourth-order valence-electron chi connectivity index (χ4n) is 4.29. The number of carbonyl (C=O) groups excluding carboxylic acids is 1. The standard InChI is InChI=1S/C28H26FN5O2S/c1-16-7-6-10-23(17(16)2)31-26(36)24-18(3)30-27-32-28(37-15-20-8-4-5-9-22(20)29)33-34(27)25(24)19-11-13-21(35)14-12-19/h4-14,25,35H,15H2,1-3H3,(H,31,36)(H,30,32,33). The minimum absolute atomic E-state index is 0.125. The number of halogens is 1. The Labute approximate surface area is 218 Å². The van der Waals surface area contributed by atoms with E-state index in [0.717, 1.165) is 22.4 Å². The Morgan fingerprint density at radius 2 is 1.84 bits per heavy atom. The summed E-state index contributed by atoms with van der Waals surface area (Å²) in [7, 11) is 0. The van der Waals surface area contributed by atoms with Gasteiger partial charge in [0.05, 0.1) is 5.57 Å². The summed E-state index contributed by atoms with van der Waals surface area (Å²) in [5, 5.41) is 21.3. The van der Waals surface area contributed by atoms with Gasteiger partial charge in [0.1, 0.15) is 17.6 Å². The normalized spacial score (nSPS) is 14.8. The van der Waals surface area contributed by atoms with E-state index in [0.29, 0.717) is 33.7 Å². The molecule has 2 heterocycles. The zero-order chi connectivity index (χ0) is 26.1. The lowest BCUT2D eigenvalue weighted by Crippen LogP contribution is -2.31. The number of phenolic OH excluding ortho intramolecular Hbond substituents is 1. The molecule has 9 heteroatoms. The van der Waals surface area contributed by atoms with Gasteiger partial charge in [-0.2, -0.15) is 4.98 Å². The first kappa shape index (κ1) is 24.6. The van der Waals surface area contributed by atoms with E-state index < -0.39 is 6.04 Å². The van der Waals surface area contributed by atoms with Gasteiger partial charge >= 0.3 is 0 Å². The molecule has 0 saturated carbocycles. The van der Waals surface area contributed by atoms with E-state index in [-0.39, 0.29) is 17.5 Å². The predicted molar refractivity (Wildman–Crippen MR) is 143 cm³/mol. The number of benzene rings is 3. The Kier molecular flexibility index (Phi) is 6.71. The van der Waals surface area contributed by atoms with Gasteiger partial charge < -0.3 is 15.7 Å². The molecule has 0 fully saturated rings. The van der Waals surface area contributed by atoms with Gasteiger partial charge in [-0.05, 0) is 67.3 Å². The molecule has 5 rings (SSSR count). The van der Waals surface area contributed by atoms with E-state index in [1.165, 1.54) is 17.8 Å². The fourth-order valence-corrected chi connectivity index (χ4v) is 5.10. The molecule has 1 aliphatic rings. The average molecular weight is 516 g/mol. The summed E-state index contributed by atoms with van der Waals surface area (Å²) < 4.78 is 15.8. The van der Waals surface area contributed by atoms with Crippen LogP contribution in [0.4, 0.5) is 16.0 Å². The van der Waals surface area contributed by atoms with Gasteiger partial charge in [0.2, 0.25) is 11.1 Å².